The number of aryl methyl sites for hydroxylation is 1. The lowest BCUT2D eigenvalue weighted by Crippen LogP contribution is -2.60. The van der Waals surface area contributed by atoms with Gasteiger partial charge in [0.25, 0.3) is 0 Å². The second-order valence-corrected chi connectivity index (χ2v) is 6.12. The highest BCUT2D eigenvalue weighted by molar-refractivity contribution is 7.09. The number of amides is 2. The van der Waals surface area contributed by atoms with Crippen molar-refractivity contribution in [3.63, 3.8) is 0 Å². The Hall–Kier alpha value is -1.43. The number of piperidine rings is 1. The molecule has 1 aromatic heterocycles. The van der Waals surface area contributed by atoms with Crippen LogP contribution in [0.1, 0.15) is 30.0 Å². The molecule has 1 unspecified atom stereocenters. The van der Waals surface area contributed by atoms with E-state index in [2.05, 4.69) is 4.98 Å². The Morgan fingerprint density at radius 1 is 1.42 bits per heavy atom. The van der Waals surface area contributed by atoms with Gasteiger partial charge in [-0.2, -0.15) is 0 Å². The van der Waals surface area contributed by atoms with E-state index in [0.29, 0.717) is 6.54 Å². The first kappa shape index (κ1) is 12.6. The number of piperazine rings is 1. The number of thiazole rings is 1. The van der Waals surface area contributed by atoms with E-state index >= 15 is 0 Å². The van der Waals surface area contributed by atoms with Gasteiger partial charge in [-0.15, -0.1) is 11.3 Å². The van der Waals surface area contributed by atoms with Crippen LogP contribution in [0, 0.1) is 6.92 Å². The Bertz CT molecular complexity index is 514. The van der Waals surface area contributed by atoms with E-state index in [-0.39, 0.29) is 24.4 Å². The molecule has 0 saturated carbocycles. The molecule has 1 atom stereocenters. The van der Waals surface area contributed by atoms with Crippen LogP contribution >= 0.6 is 11.3 Å². The number of carbonyl (C=O) groups is 2. The average Bonchev–Trinajstić information content (AvgIpc) is 2.81. The highest BCUT2D eigenvalue weighted by Crippen LogP contribution is 2.24. The van der Waals surface area contributed by atoms with Gasteiger partial charge >= 0.3 is 0 Å². The number of aromatic nitrogens is 1. The predicted octanol–water partition coefficient (Wildman–Crippen LogP) is 1.17. The monoisotopic (exact) mass is 279 g/mol. The topological polar surface area (TPSA) is 53.5 Å². The number of rotatable bonds is 2. The van der Waals surface area contributed by atoms with Crippen LogP contribution in [0.3, 0.4) is 0 Å². The maximum Gasteiger partial charge on any atom is 0.246 e. The molecule has 2 aliphatic rings. The molecule has 0 aromatic carbocycles. The SMILES string of the molecule is Cc1csc(CN2CC(=O)N3CCCCC3C2=O)n1. The number of nitrogens with zero attached hydrogens (tertiary/aromatic N) is 3. The van der Waals surface area contributed by atoms with Crippen molar-refractivity contribution in [1.29, 1.82) is 0 Å². The third kappa shape index (κ3) is 2.36. The van der Waals surface area contributed by atoms with E-state index in [9.17, 15) is 9.59 Å². The van der Waals surface area contributed by atoms with Gasteiger partial charge in [-0.05, 0) is 26.2 Å². The second kappa shape index (κ2) is 4.92. The summed E-state index contributed by atoms with van der Waals surface area (Å²) >= 11 is 1.55. The molecule has 0 radical (unpaired) electrons. The smallest absolute Gasteiger partial charge is 0.246 e. The molecule has 0 aliphatic carbocycles. The number of fused-ring (bicyclic) bond motifs is 1. The van der Waals surface area contributed by atoms with E-state index in [1.54, 1.807) is 21.1 Å². The molecule has 2 amide bonds. The van der Waals surface area contributed by atoms with Crippen molar-refractivity contribution in [1.82, 2.24) is 14.8 Å². The average molecular weight is 279 g/mol. The maximum absolute atomic E-state index is 12.4. The fourth-order valence-corrected chi connectivity index (χ4v) is 3.59. The van der Waals surface area contributed by atoms with Crippen LogP contribution in [0.2, 0.25) is 0 Å². The van der Waals surface area contributed by atoms with Crippen LogP contribution in [-0.2, 0) is 16.1 Å². The van der Waals surface area contributed by atoms with Crippen LogP contribution in [-0.4, -0.2) is 45.7 Å². The highest BCUT2D eigenvalue weighted by Gasteiger charge is 2.40. The van der Waals surface area contributed by atoms with Gasteiger partial charge < -0.3 is 9.80 Å². The standard InChI is InChI=1S/C13H17N3O2S/c1-9-8-19-11(14-9)6-15-7-12(17)16-5-3-2-4-10(16)13(15)18/h8,10H,2-7H2,1H3. The van der Waals surface area contributed by atoms with Crippen molar-refractivity contribution >= 4 is 23.2 Å². The van der Waals surface area contributed by atoms with E-state index in [1.807, 2.05) is 12.3 Å². The minimum atomic E-state index is -0.226. The number of hydrogen-bond donors (Lipinski definition) is 0. The summed E-state index contributed by atoms with van der Waals surface area (Å²) in [6.07, 6.45) is 2.85. The van der Waals surface area contributed by atoms with E-state index < -0.39 is 0 Å². The zero-order chi connectivity index (χ0) is 13.4. The first-order valence-electron chi connectivity index (χ1n) is 6.64. The Labute approximate surface area is 116 Å². The largest absolute Gasteiger partial charge is 0.329 e. The van der Waals surface area contributed by atoms with Crippen molar-refractivity contribution in [3.8, 4) is 0 Å². The first-order valence-corrected chi connectivity index (χ1v) is 7.52. The predicted molar refractivity (Wildman–Crippen MR) is 71.6 cm³/mol. The van der Waals surface area contributed by atoms with Crippen molar-refractivity contribution in [2.75, 3.05) is 13.1 Å². The van der Waals surface area contributed by atoms with Crippen LogP contribution < -0.4 is 0 Å². The minimum absolute atomic E-state index is 0.0811. The van der Waals surface area contributed by atoms with Crippen LogP contribution in [0.25, 0.3) is 0 Å². The van der Waals surface area contributed by atoms with Crippen molar-refractivity contribution in [2.45, 2.75) is 38.8 Å². The molecule has 102 valence electrons. The summed E-state index contributed by atoms with van der Waals surface area (Å²) < 4.78 is 0. The molecule has 0 spiro atoms. The Kier molecular flexibility index (Phi) is 3.26. The zero-order valence-corrected chi connectivity index (χ0v) is 11.8. The number of hydrogen-bond acceptors (Lipinski definition) is 4. The highest BCUT2D eigenvalue weighted by atomic mass is 32.1. The molecular formula is C13H17N3O2S. The second-order valence-electron chi connectivity index (χ2n) is 5.18. The fraction of sp³-hybridized carbons (Fsp3) is 0.615. The van der Waals surface area contributed by atoms with Crippen LogP contribution in [0.5, 0.6) is 0 Å². The maximum atomic E-state index is 12.4. The number of carbonyl (C=O) groups excluding carboxylic acids is 2. The molecule has 0 N–H and O–H groups in total. The van der Waals surface area contributed by atoms with Gasteiger partial charge in [-0.3, -0.25) is 9.59 Å². The lowest BCUT2D eigenvalue weighted by atomic mass is 9.98. The molecule has 3 rings (SSSR count). The van der Waals surface area contributed by atoms with Gasteiger partial charge in [0.15, 0.2) is 0 Å². The summed E-state index contributed by atoms with van der Waals surface area (Å²) in [5.41, 5.74) is 0.968. The summed E-state index contributed by atoms with van der Waals surface area (Å²) in [7, 11) is 0. The Morgan fingerprint density at radius 2 is 2.26 bits per heavy atom. The van der Waals surface area contributed by atoms with Gasteiger partial charge in [0.2, 0.25) is 11.8 Å². The summed E-state index contributed by atoms with van der Waals surface area (Å²) in [6, 6.07) is -0.226. The van der Waals surface area contributed by atoms with E-state index in [0.717, 1.165) is 36.5 Å². The summed E-state index contributed by atoms with van der Waals surface area (Å²) in [5.74, 6) is 0.171. The van der Waals surface area contributed by atoms with Gasteiger partial charge in [0.1, 0.15) is 17.6 Å². The first-order chi connectivity index (χ1) is 9.15. The fourth-order valence-electron chi connectivity index (χ4n) is 2.80. The van der Waals surface area contributed by atoms with Gasteiger partial charge in [0.05, 0.1) is 6.54 Å². The molecule has 3 heterocycles. The quantitative estimate of drug-likeness (QED) is 0.816. The molecule has 19 heavy (non-hydrogen) atoms. The zero-order valence-electron chi connectivity index (χ0n) is 11.0. The van der Waals surface area contributed by atoms with Gasteiger partial charge in [0, 0.05) is 17.6 Å². The molecule has 2 fully saturated rings. The van der Waals surface area contributed by atoms with E-state index in [1.165, 1.54) is 0 Å². The van der Waals surface area contributed by atoms with Crippen LogP contribution in [0.15, 0.2) is 5.38 Å². The summed E-state index contributed by atoms with van der Waals surface area (Å²) in [4.78, 5) is 32.3. The van der Waals surface area contributed by atoms with Crippen LogP contribution in [0.4, 0.5) is 0 Å². The minimum Gasteiger partial charge on any atom is -0.329 e. The van der Waals surface area contributed by atoms with Crippen molar-refractivity contribution < 1.29 is 9.59 Å². The Morgan fingerprint density at radius 3 is 3.00 bits per heavy atom. The molecule has 2 saturated heterocycles. The van der Waals surface area contributed by atoms with Crippen molar-refractivity contribution in [3.05, 3.63) is 16.1 Å². The third-order valence-corrected chi connectivity index (χ3v) is 4.69. The van der Waals surface area contributed by atoms with Crippen molar-refractivity contribution in [2.24, 2.45) is 0 Å². The lowest BCUT2D eigenvalue weighted by Gasteiger charge is -2.42. The summed E-state index contributed by atoms with van der Waals surface area (Å²) in [5, 5.41) is 2.88. The summed E-state index contributed by atoms with van der Waals surface area (Å²) in [6.45, 7) is 3.34. The molecule has 6 heteroatoms. The molecule has 5 nitrogen and oxygen atoms in total. The molecule has 0 bridgehead atoms. The molecular weight excluding hydrogens is 262 g/mol. The normalized spacial score (nSPS) is 23.7. The lowest BCUT2D eigenvalue weighted by molar-refractivity contribution is -0.158. The molecule has 2 aliphatic heterocycles. The van der Waals surface area contributed by atoms with Gasteiger partial charge in [-0.25, -0.2) is 4.98 Å². The van der Waals surface area contributed by atoms with E-state index in [4.69, 9.17) is 0 Å². The van der Waals surface area contributed by atoms with Gasteiger partial charge in [-0.1, -0.05) is 0 Å². The third-order valence-electron chi connectivity index (χ3n) is 3.74. The Balaban J connectivity index is 1.75. The molecule has 1 aromatic rings.